The highest BCUT2D eigenvalue weighted by molar-refractivity contribution is 6.36. The van der Waals surface area contributed by atoms with E-state index < -0.39 is 0 Å². The van der Waals surface area contributed by atoms with Crippen LogP contribution in [-0.4, -0.2) is 48.3 Å². The summed E-state index contributed by atoms with van der Waals surface area (Å²) in [7, 11) is 1.87. The van der Waals surface area contributed by atoms with Crippen molar-refractivity contribution in [2.45, 2.75) is 39.0 Å². The summed E-state index contributed by atoms with van der Waals surface area (Å²) in [4.78, 5) is 28.6. The van der Waals surface area contributed by atoms with Gasteiger partial charge >= 0.3 is 0 Å². The van der Waals surface area contributed by atoms with Crippen molar-refractivity contribution < 1.29 is 9.59 Å². The molecule has 0 bridgehead atoms. The average molecular weight is 385 g/mol. The fourth-order valence-corrected chi connectivity index (χ4v) is 3.69. The number of unbranched alkanes of at least 4 members (excludes halogenated alkanes) is 1. The first-order chi connectivity index (χ1) is 11.9. The lowest BCUT2D eigenvalue weighted by Gasteiger charge is -2.33. The fraction of sp³-hybridized carbons (Fsp3) is 0.579. The Kier molecular flexibility index (Phi) is 7.57. The van der Waals surface area contributed by atoms with Crippen molar-refractivity contribution in [1.29, 1.82) is 0 Å². The number of carbonyl (C=O) groups is 2. The lowest BCUT2D eigenvalue weighted by molar-refractivity contribution is -0.139. The number of benzene rings is 1. The number of piperidine rings is 1. The molecule has 2 rings (SSSR count). The van der Waals surface area contributed by atoms with Gasteiger partial charge in [-0.15, -0.1) is 0 Å². The first-order valence-electron chi connectivity index (χ1n) is 8.89. The van der Waals surface area contributed by atoms with Crippen LogP contribution in [-0.2, 0) is 16.0 Å². The SMILES string of the molecule is CCCCN(C)C(=O)C1CCN(C(=O)Cc2c(Cl)cccc2Cl)CC1. The summed E-state index contributed by atoms with van der Waals surface area (Å²) in [6.07, 6.45) is 3.75. The number of nitrogens with zero attached hydrogens (tertiary/aromatic N) is 2. The molecule has 4 nitrogen and oxygen atoms in total. The number of hydrogen-bond acceptors (Lipinski definition) is 2. The van der Waals surface area contributed by atoms with E-state index in [1.165, 1.54) is 0 Å². The number of rotatable bonds is 6. The Morgan fingerprint density at radius 1 is 1.20 bits per heavy atom. The Hall–Kier alpha value is -1.26. The van der Waals surface area contributed by atoms with Gasteiger partial charge in [0, 0.05) is 42.6 Å². The standard InChI is InChI=1S/C19H26Cl2N2O2/c1-3-4-10-22(2)19(25)14-8-11-23(12-9-14)18(24)13-15-16(20)6-5-7-17(15)21/h5-7,14H,3-4,8-13H2,1-2H3. The number of amides is 2. The van der Waals surface area contributed by atoms with Crippen LogP contribution in [0.15, 0.2) is 18.2 Å². The fourth-order valence-electron chi connectivity index (χ4n) is 3.16. The van der Waals surface area contributed by atoms with Gasteiger partial charge in [0.1, 0.15) is 0 Å². The molecular formula is C19H26Cl2N2O2. The maximum Gasteiger partial charge on any atom is 0.227 e. The lowest BCUT2D eigenvalue weighted by atomic mass is 9.95. The number of hydrogen-bond donors (Lipinski definition) is 0. The minimum absolute atomic E-state index is 0.0141. The van der Waals surface area contributed by atoms with Crippen LogP contribution >= 0.6 is 23.2 Å². The zero-order valence-corrected chi connectivity index (χ0v) is 16.4. The van der Waals surface area contributed by atoms with Crippen molar-refractivity contribution in [3.8, 4) is 0 Å². The molecule has 138 valence electrons. The van der Waals surface area contributed by atoms with Gasteiger partial charge in [0.25, 0.3) is 0 Å². The van der Waals surface area contributed by atoms with Crippen LogP contribution in [0.5, 0.6) is 0 Å². The smallest absolute Gasteiger partial charge is 0.227 e. The zero-order chi connectivity index (χ0) is 18.4. The second-order valence-corrected chi connectivity index (χ2v) is 7.46. The topological polar surface area (TPSA) is 40.6 Å². The second kappa shape index (κ2) is 9.44. The third-order valence-electron chi connectivity index (χ3n) is 4.81. The van der Waals surface area contributed by atoms with E-state index in [0.717, 1.165) is 32.2 Å². The van der Waals surface area contributed by atoms with Crippen molar-refractivity contribution in [3.63, 3.8) is 0 Å². The Morgan fingerprint density at radius 2 is 1.80 bits per heavy atom. The molecule has 0 aliphatic carbocycles. The van der Waals surface area contributed by atoms with Gasteiger partial charge in [0.05, 0.1) is 6.42 Å². The van der Waals surface area contributed by atoms with E-state index in [2.05, 4.69) is 6.92 Å². The summed E-state index contributed by atoms with van der Waals surface area (Å²) in [6, 6.07) is 5.25. The summed E-state index contributed by atoms with van der Waals surface area (Å²) in [5, 5.41) is 1.03. The number of carbonyl (C=O) groups excluding carboxylic acids is 2. The van der Waals surface area contributed by atoms with Crippen molar-refractivity contribution >= 4 is 35.0 Å². The van der Waals surface area contributed by atoms with Crippen LogP contribution in [0.3, 0.4) is 0 Å². The van der Waals surface area contributed by atoms with E-state index in [0.29, 0.717) is 28.7 Å². The normalized spacial score (nSPS) is 15.3. The van der Waals surface area contributed by atoms with E-state index in [1.807, 2.05) is 16.8 Å². The summed E-state index contributed by atoms with van der Waals surface area (Å²) >= 11 is 12.3. The Balaban J connectivity index is 1.87. The maximum absolute atomic E-state index is 12.5. The first kappa shape index (κ1) is 20.1. The molecular weight excluding hydrogens is 359 g/mol. The van der Waals surface area contributed by atoms with Gasteiger partial charge in [-0.1, -0.05) is 42.6 Å². The molecule has 0 N–H and O–H groups in total. The van der Waals surface area contributed by atoms with E-state index >= 15 is 0 Å². The van der Waals surface area contributed by atoms with Gasteiger partial charge in [-0.3, -0.25) is 9.59 Å². The predicted octanol–water partition coefficient (Wildman–Crippen LogP) is 4.03. The molecule has 0 aromatic heterocycles. The van der Waals surface area contributed by atoms with Crippen molar-refractivity contribution in [1.82, 2.24) is 9.80 Å². The lowest BCUT2D eigenvalue weighted by Crippen LogP contribution is -2.44. The molecule has 1 aromatic carbocycles. The van der Waals surface area contributed by atoms with Crippen LogP contribution < -0.4 is 0 Å². The highest BCUT2D eigenvalue weighted by atomic mass is 35.5. The Bertz CT molecular complexity index is 593. The van der Waals surface area contributed by atoms with Gasteiger partial charge < -0.3 is 9.80 Å². The molecule has 1 aliphatic heterocycles. The second-order valence-electron chi connectivity index (χ2n) is 6.65. The van der Waals surface area contributed by atoms with Gasteiger partial charge in [0.15, 0.2) is 0 Å². The molecule has 25 heavy (non-hydrogen) atoms. The maximum atomic E-state index is 12.5. The summed E-state index contributed by atoms with van der Waals surface area (Å²) in [5.74, 6) is 0.241. The molecule has 1 fully saturated rings. The van der Waals surface area contributed by atoms with Crippen LogP contribution in [0.1, 0.15) is 38.2 Å². The number of likely N-dealkylation sites (tertiary alicyclic amines) is 1. The van der Waals surface area contributed by atoms with E-state index in [4.69, 9.17) is 23.2 Å². The molecule has 2 amide bonds. The third-order valence-corrected chi connectivity index (χ3v) is 5.52. The minimum atomic E-state index is 0.0141. The molecule has 1 saturated heterocycles. The highest BCUT2D eigenvalue weighted by Gasteiger charge is 2.29. The first-order valence-corrected chi connectivity index (χ1v) is 9.65. The highest BCUT2D eigenvalue weighted by Crippen LogP contribution is 2.26. The van der Waals surface area contributed by atoms with Crippen LogP contribution in [0.2, 0.25) is 10.0 Å². The van der Waals surface area contributed by atoms with Gasteiger partial charge in [-0.2, -0.15) is 0 Å². The molecule has 1 heterocycles. The van der Waals surface area contributed by atoms with Crippen molar-refractivity contribution in [2.75, 3.05) is 26.7 Å². The summed E-state index contributed by atoms with van der Waals surface area (Å²) in [6.45, 7) is 4.14. The van der Waals surface area contributed by atoms with E-state index in [-0.39, 0.29) is 24.2 Å². The molecule has 1 aromatic rings. The van der Waals surface area contributed by atoms with Gasteiger partial charge in [-0.25, -0.2) is 0 Å². The largest absolute Gasteiger partial charge is 0.346 e. The van der Waals surface area contributed by atoms with Crippen molar-refractivity contribution in [3.05, 3.63) is 33.8 Å². The molecule has 0 atom stereocenters. The van der Waals surface area contributed by atoms with E-state index in [1.54, 1.807) is 18.2 Å². The molecule has 0 unspecified atom stereocenters. The van der Waals surface area contributed by atoms with Crippen LogP contribution in [0.4, 0.5) is 0 Å². The predicted molar refractivity (Wildman–Crippen MR) is 102 cm³/mol. The summed E-state index contributed by atoms with van der Waals surface area (Å²) in [5.41, 5.74) is 0.674. The molecule has 0 spiro atoms. The quantitative estimate of drug-likeness (QED) is 0.742. The minimum Gasteiger partial charge on any atom is -0.346 e. The third kappa shape index (κ3) is 5.35. The summed E-state index contributed by atoms with van der Waals surface area (Å²) < 4.78 is 0. The van der Waals surface area contributed by atoms with Gasteiger partial charge in [-0.05, 0) is 37.0 Å². The molecule has 1 aliphatic rings. The van der Waals surface area contributed by atoms with E-state index in [9.17, 15) is 9.59 Å². The zero-order valence-electron chi connectivity index (χ0n) is 14.9. The Morgan fingerprint density at radius 3 is 2.36 bits per heavy atom. The van der Waals surface area contributed by atoms with Crippen LogP contribution in [0.25, 0.3) is 0 Å². The number of halogens is 2. The monoisotopic (exact) mass is 384 g/mol. The molecule has 0 saturated carbocycles. The molecule has 0 radical (unpaired) electrons. The van der Waals surface area contributed by atoms with Gasteiger partial charge in [0.2, 0.25) is 11.8 Å². The Labute approximate surface area is 160 Å². The average Bonchev–Trinajstić information content (AvgIpc) is 2.62. The molecule has 6 heteroatoms. The van der Waals surface area contributed by atoms with Crippen LogP contribution in [0, 0.1) is 5.92 Å². The van der Waals surface area contributed by atoms with Crippen molar-refractivity contribution in [2.24, 2.45) is 5.92 Å².